The highest BCUT2D eigenvalue weighted by atomic mass is 16.3. The van der Waals surface area contributed by atoms with Crippen LogP contribution in [0.2, 0.25) is 0 Å². The van der Waals surface area contributed by atoms with E-state index in [0.717, 1.165) is 32.5 Å². The number of amides is 1. The molecule has 1 N–H and O–H groups in total. The summed E-state index contributed by atoms with van der Waals surface area (Å²) in [7, 11) is 0. The average Bonchev–Trinajstić information content (AvgIpc) is 2.89. The standard InChI is InChI=1S/C14H22N2O2/c1-11(2)14(17)16-6-3-13(4-7-16)15-9-12-5-8-18-10-12/h5,8,10-11,13,15H,3-4,6-7,9H2,1-2H3. The summed E-state index contributed by atoms with van der Waals surface area (Å²) in [6, 6.07) is 2.49. The number of piperidine rings is 1. The van der Waals surface area contributed by atoms with Crippen LogP contribution in [-0.4, -0.2) is 29.9 Å². The van der Waals surface area contributed by atoms with Gasteiger partial charge in [0.25, 0.3) is 0 Å². The molecule has 4 heteroatoms. The Labute approximate surface area is 108 Å². The minimum atomic E-state index is 0.112. The first-order chi connectivity index (χ1) is 8.66. The van der Waals surface area contributed by atoms with Crippen molar-refractivity contribution in [2.75, 3.05) is 13.1 Å². The molecular formula is C14H22N2O2. The highest BCUT2D eigenvalue weighted by Crippen LogP contribution is 2.14. The van der Waals surface area contributed by atoms with Gasteiger partial charge in [0.2, 0.25) is 5.91 Å². The lowest BCUT2D eigenvalue weighted by Crippen LogP contribution is -2.45. The van der Waals surface area contributed by atoms with E-state index in [9.17, 15) is 4.79 Å². The van der Waals surface area contributed by atoms with E-state index in [2.05, 4.69) is 5.32 Å². The van der Waals surface area contributed by atoms with Crippen molar-refractivity contribution in [1.29, 1.82) is 0 Å². The van der Waals surface area contributed by atoms with Crippen molar-refractivity contribution in [3.05, 3.63) is 24.2 Å². The van der Waals surface area contributed by atoms with Crippen molar-refractivity contribution < 1.29 is 9.21 Å². The fourth-order valence-corrected chi connectivity index (χ4v) is 2.32. The van der Waals surface area contributed by atoms with E-state index in [-0.39, 0.29) is 11.8 Å². The van der Waals surface area contributed by atoms with Gasteiger partial charge < -0.3 is 14.6 Å². The number of nitrogens with one attached hydrogen (secondary N) is 1. The van der Waals surface area contributed by atoms with E-state index < -0.39 is 0 Å². The van der Waals surface area contributed by atoms with Gasteiger partial charge >= 0.3 is 0 Å². The summed E-state index contributed by atoms with van der Waals surface area (Å²) in [6.45, 7) is 6.52. The molecule has 18 heavy (non-hydrogen) atoms. The van der Waals surface area contributed by atoms with Crippen LogP contribution in [0.4, 0.5) is 0 Å². The molecule has 0 spiro atoms. The third-order valence-corrected chi connectivity index (χ3v) is 3.48. The highest BCUT2D eigenvalue weighted by Gasteiger charge is 2.23. The molecule has 2 rings (SSSR count). The molecule has 0 saturated carbocycles. The van der Waals surface area contributed by atoms with Crippen LogP contribution >= 0.6 is 0 Å². The van der Waals surface area contributed by atoms with Crippen molar-refractivity contribution in [3.63, 3.8) is 0 Å². The first-order valence-electron chi connectivity index (χ1n) is 6.70. The van der Waals surface area contributed by atoms with Crippen molar-refractivity contribution in [2.45, 2.75) is 39.3 Å². The molecule has 1 aliphatic rings. The van der Waals surface area contributed by atoms with Crippen molar-refractivity contribution in [2.24, 2.45) is 5.92 Å². The molecule has 1 fully saturated rings. The maximum absolute atomic E-state index is 11.8. The number of hydrogen-bond acceptors (Lipinski definition) is 3. The second kappa shape index (κ2) is 6.05. The minimum absolute atomic E-state index is 0.112. The normalized spacial score (nSPS) is 17.4. The third-order valence-electron chi connectivity index (χ3n) is 3.48. The number of furan rings is 1. The molecule has 0 atom stereocenters. The lowest BCUT2D eigenvalue weighted by molar-refractivity contribution is -0.135. The predicted octanol–water partition coefficient (Wildman–Crippen LogP) is 2.02. The summed E-state index contributed by atoms with van der Waals surface area (Å²) < 4.78 is 5.04. The molecule has 1 aromatic rings. The molecule has 2 heterocycles. The fraction of sp³-hybridized carbons (Fsp3) is 0.643. The van der Waals surface area contributed by atoms with Gasteiger partial charge in [0.15, 0.2) is 0 Å². The maximum Gasteiger partial charge on any atom is 0.225 e. The number of carbonyl (C=O) groups is 1. The number of likely N-dealkylation sites (tertiary alicyclic amines) is 1. The zero-order valence-electron chi connectivity index (χ0n) is 11.2. The van der Waals surface area contributed by atoms with Crippen molar-refractivity contribution >= 4 is 5.91 Å². The SMILES string of the molecule is CC(C)C(=O)N1CCC(NCc2ccoc2)CC1. The molecule has 1 amide bonds. The van der Waals surface area contributed by atoms with Crippen LogP contribution in [0.15, 0.2) is 23.0 Å². The largest absolute Gasteiger partial charge is 0.472 e. The smallest absolute Gasteiger partial charge is 0.225 e. The summed E-state index contributed by atoms with van der Waals surface area (Å²) in [5.41, 5.74) is 1.18. The summed E-state index contributed by atoms with van der Waals surface area (Å²) in [6.07, 6.45) is 5.54. The minimum Gasteiger partial charge on any atom is -0.472 e. The summed E-state index contributed by atoms with van der Waals surface area (Å²) in [5.74, 6) is 0.392. The number of hydrogen-bond donors (Lipinski definition) is 1. The molecule has 0 aromatic carbocycles. The van der Waals surface area contributed by atoms with Gasteiger partial charge in [-0.3, -0.25) is 4.79 Å². The second-order valence-corrected chi connectivity index (χ2v) is 5.27. The zero-order valence-corrected chi connectivity index (χ0v) is 11.2. The molecule has 0 unspecified atom stereocenters. The molecule has 1 aromatic heterocycles. The Bertz CT molecular complexity index is 365. The van der Waals surface area contributed by atoms with E-state index >= 15 is 0 Å². The quantitative estimate of drug-likeness (QED) is 0.889. The topological polar surface area (TPSA) is 45.5 Å². The van der Waals surface area contributed by atoms with Crippen LogP contribution in [-0.2, 0) is 11.3 Å². The summed E-state index contributed by atoms with van der Waals surface area (Å²) >= 11 is 0. The molecule has 1 saturated heterocycles. The van der Waals surface area contributed by atoms with E-state index in [1.165, 1.54) is 5.56 Å². The maximum atomic E-state index is 11.8. The van der Waals surface area contributed by atoms with Gasteiger partial charge in [0.1, 0.15) is 0 Å². The van der Waals surface area contributed by atoms with E-state index in [4.69, 9.17) is 4.42 Å². The van der Waals surface area contributed by atoms with Crippen molar-refractivity contribution in [1.82, 2.24) is 10.2 Å². The van der Waals surface area contributed by atoms with Crippen LogP contribution in [0.5, 0.6) is 0 Å². The van der Waals surface area contributed by atoms with Crippen LogP contribution in [0, 0.1) is 5.92 Å². The summed E-state index contributed by atoms with van der Waals surface area (Å²) in [5, 5.41) is 3.51. The van der Waals surface area contributed by atoms with Gasteiger partial charge in [-0.05, 0) is 18.9 Å². The number of carbonyl (C=O) groups excluding carboxylic acids is 1. The average molecular weight is 250 g/mol. The number of rotatable bonds is 4. The van der Waals surface area contributed by atoms with E-state index in [1.54, 1.807) is 12.5 Å². The Hall–Kier alpha value is -1.29. The van der Waals surface area contributed by atoms with Crippen LogP contribution in [0.3, 0.4) is 0 Å². The Morgan fingerprint density at radius 2 is 2.22 bits per heavy atom. The van der Waals surface area contributed by atoms with Crippen LogP contribution < -0.4 is 5.32 Å². The first kappa shape index (κ1) is 13.1. The second-order valence-electron chi connectivity index (χ2n) is 5.27. The van der Waals surface area contributed by atoms with Gasteiger partial charge in [-0.15, -0.1) is 0 Å². The predicted molar refractivity (Wildman–Crippen MR) is 70.0 cm³/mol. The van der Waals surface area contributed by atoms with E-state index in [0.29, 0.717) is 6.04 Å². The Balaban J connectivity index is 1.72. The summed E-state index contributed by atoms with van der Waals surface area (Å²) in [4.78, 5) is 13.8. The van der Waals surface area contributed by atoms with Crippen molar-refractivity contribution in [3.8, 4) is 0 Å². The Morgan fingerprint density at radius 1 is 1.50 bits per heavy atom. The first-order valence-corrected chi connectivity index (χ1v) is 6.70. The third kappa shape index (κ3) is 3.35. The van der Waals surface area contributed by atoms with Gasteiger partial charge in [-0.1, -0.05) is 13.8 Å². The molecular weight excluding hydrogens is 228 g/mol. The Kier molecular flexibility index (Phi) is 4.42. The molecule has 0 bridgehead atoms. The van der Waals surface area contributed by atoms with Gasteiger partial charge in [-0.25, -0.2) is 0 Å². The highest BCUT2D eigenvalue weighted by molar-refractivity contribution is 5.78. The Morgan fingerprint density at radius 3 is 2.78 bits per heavy atom. The lowest BCUT2D eigenvalue weighted by atomic mass is 10.0. The number of nitrogens with zero attached hydrogens (tertiary/aromatic N) is 1. The molecule has 0 radical (unpaired) electrons. The van der Waals surface area contributed by atoms with Gasteiger partial charge in [0, 0.05) is 37.2 Å². The lowest BCUT2D eigenvalue weighted by Gasteiger charge is -2.33. The molecule has 4 nitrogen and oxygen atoms in total. The molecule has 1 aliphatic heterocycles. The zero-order chi connectivity index (χ0) is 13.0. The van der Waals surface area contributed by atoms with Gasteiger partial charge in [0.05, 0.1) is 12.5 Å². The monoisotopic (exact) mass is 250 g/mol. The van der Waals surface area contributed by atoms with Crippen LogP contribution in [0.25, 0.3) is 0 Å². The van der Waals surface area contributed by atoms with E-state index in [1.807, 2.05) is 24.8 Å². The molecule has 100 valence electrons. The fourth-order valence-electron chi connectivity index (χ4n) is 2.32. The van der Waals surface area contributed by atoms with Crippen LogP contribution in [0.1, 0.15) is 32.3 Å². The molecule has 0 aliphatic carbocycles. The van der Waals surface area contributed by atoms with Gasteiger partial charge in [-0.2, -0.15) is 0 Å².